The van der Waals surface area contributed by atoms with Crippen molar-refractivity contribution in [3.63, 3.8) is 0 Å². The molecule has 4 unspecified atom stereocenters. The van der Waals surface area contributed by atoms with Crippen molar-refractivity contribution in [3.05, 3.63) is 94.8 Å². The molecule has 3 aliphatic heterocycles. The maximum atomic E-state index is 14.2. The average Bonchev–Trinajstić information content (AvgIpc) is 3.48. The highest BCUT2D eigenvalue weighted by atomic mass is 35.5. The summed E-state index contributed by atoms with van der Waals surface area (Å²) in [6.07, 6.45) is 3.57. The monoisotopic (exact) mass is 443 g/mol. The number of aromatic nitrogens is 1. The Morgan fingerprint density at radius 3 is 2.62 bits per heavy atom. The lowest BCUT2D eigenvalue weighted by Crippen LogP contribution is -2.53. The molecular formula is C26H22ClN3O2. The summed E-state index contributed by atoms with van der Waals surface area (Å²) < 4.78 is 0. The van der Waals surface area contributed by atoms with Crippen LogP contribution in [0.2, 0.25) is 5.02 Å². The number of nitrogens with zero attached hydrogens (tertiary/aromatic N) is 2. The first-order valence-electron chi connectivity index (χ1n) is 11.0. The van der Waals surface area contributed by atoms with E-state index in [1.54, 1.807) is 18.3 Å². The van der Waals surface area contributed by atoms with Gasteiger partial charge in [-0.2, -0.15) is 0 Å². The van der Waals surface area contributed by atoms with E-state index in [4.69, 9.17) is 11.6 Å². The van der Waals surface area contributed by atoms with E-state index in [0.717, 1.165) is 36.2 Å². The van der Waals surface area contributed by atoms with Gasteiger partial charge in [0.25, 0.3) is 0 Å². The largest absolute Gasteiger partial charge is 0.324 e. The lowest BCUT2D eigenvalue weighted by molar-refractivity contribution is -0.127. The molecule has 1 amide bonds. The predicted molar refractivity (Wildman–Crippen MR) is 123 cm³/mol. The van der Waals surface area contributed by atoms with Gasteiger partial charge in [0.15, 0.2) is 5.78 Å². The zero-order valence-electron chi connectivity index (χ0n) is 17.4. The van der Waals surface area contributed by atoms with Gasteiger partial charge < -0.3 is 5.32 Å². The Hall–Kier alpha value is -3.02. The molecule has 0 bridgehead atoms. The number of carbonyl (C=O) groups is 2. The first-order chi connectivity index (χ1) is 15.6. The van der Waals surface area contributed by atoms with E-state index in [0.29, 0.717) is 10.7 Å². The first kappa shape index (κ1) is 19.6. The van der Waals surface area contributed by atoms with Gasteiger partial charge >= 0.3 is 0 Å². The van der Waals surface area contributed by atoms with Crippen molar-refractivity contribution in [3.8, 4) is 0 Å². The van der Waals surface area contributed by atoms with E-state index < -0.39 is 11.5 Å². The van der Waals surface area contributed by atoms with Gasteiger partial charge in [0.1, 0.15) is 11.2 Å². The van der Waals surface area contributed by atoms with Gasteiger partial charge in [-0.25, -0.2) is 0 Å². The molecule has 160 valence electrons. The molecule has 0 aliphatic carbocycles. The normalized spacial score (nSPS) is 28.5. The predicted octanol–water partition coefficient (Wildman–Crippen LogP) is 4.64. The number of hydrogen-bond acceptors (Lipinski definition) is 4. The molecule has 2 saturated heterocycles. The molecule has 1 aromatic heterocycles. The van der Waals surface area contributed by atoms with Crippen LogP contribution in [0.1, 0.15) is 40.4 Å². The fraction of sp³-hybridized carbons (Fsp3) is 0.269. The number of carbonyl (C=O) groups excluding carboxylic acids is 2. The lowest BCUT2D eigenvalue weighted by atomic mass is 9.69. The summed E-state index contributed by atoms with van der Waals surface area (Å²) in [7, 11) is 0. The Morgan fingerprint density at radius 1 is 1.06 bits per heavy atom. The molecular weight excluding hydrogens is 422 g/mol. The van der Waals surface area contributed by atoms with Crippen LogP contribution in [0.4, 0.5) is 5.69 Å². The van der Waals surface area contributed by atoms with Gasteiger partial charge in [0, 0.05) is 34.4 Å². The third-order valence-corrected chi connectivity index (χ3v) is 7.61. The topological polar surface area (TPSA) is 62.3 Å². The number of ketones is 1. The Kier molecular flexibility index (Phi) is 4.46. The average molecular weight is 444 g/mol. The Bertz CT molecular complexity index is 1210. The Morgan fingerprint density at radius 2 is 1.84 bits per heavy atom. The summed E-state index contributed by atoms with van der Waals surface area (Å²) in [5, 5.41) is 3.74. The number of rotatable bonds is 3. The number of fused-ring (bicyclic) bond motifs is 4. The molecule has 5 nitrogen and oxygen atoms in total. The highest BCUT2D eigenvalue weighted by Gasteiger charge is 2.69. The van der Waals surface area contributed by atoms with E-state index in [1.807, 2.05) is 54.6 Å². The van der Waals surface area contributed by atoms with Crippen LogP contribution in [0.5, 0.6) is 0 Å². The number of hydrogen-bond donors (Lipinski definition) is 1. The summed E-state index contributed by atoms with van der Waals surface area (Å²) in [4.78, 5) is 34.6. The van der Waals surface area contributed by atoms with Crippen LogP contribution in [0.3, 0.4) is 0 Å². The lowest BCUT2D eigenvalue weighted by Gasteiger charge is -2.36. The van der Waals surface area contributed by atoms with E-state index in [9.17, 15) is 9.59 Å². The van der Waals surface area contributed by atoms with Gasteiger partial charge in [0.05, 0.1) is 5.92 Å². The summed E-state index contributed by atoms with van der Waals surface area (Å²) in [5.74, 6) is -0.933. The maximum Gasteiger partial charge on any atom is 0.250 e. The van der Waals surface area contributed by atoms with Crippen LogP contribution < -0.4 is 5.32 Å². The van der Waals surface area contributed by atoms with Crippen molar-refractivity contribution in [2.45, 2.75) is 30.3 Å². The third-order valence-electron chi connectivity index (χ3n) is 7.36. The van der Waals surface area contributed by atoms with E-state index in [2.05, 4.69) is 15.2 Å². The first-order valence-corrected chi connectivity index (χ1v) is 11.4. The molecule has 32 heavy (non-hydrogen) atoms. The number of benzene rings is 2. The molecule has 0 saturated carbocycles. The quantitative estimate of drug-likeness (QED) is 0.599. The number of anilines is 1. The molecule has 2 fully saturated rings. The van der Waals surface area contributed by atoms with Crippen LogP contribution in [0.15, 0.2) is 72.9 Å². The summed E-state index contributed by atoms with van der Waals surface area (Å²) in [6, 6.07) is 21.0. The number of Topliss-reactive ketones (excluding diaryl/α,β-unsaturated/α-hetero) is 1. The van der Waals surface area contributed by atoms with Crippen LogP contribution >= 0.6 is 11.6 Å². The van der Waals surface area contributed by atoms with Crippen LogP contribution in [0.25, 0.3) is 0 Å². The van der Waals surface area contributed by atoms with Gasteiger partial charge in [0.2, 0.25) is 5.91 Å². The molecule has 2 aromatic carbocycles. The fourth-order valence-electron chi connectivity index (χ4n) is 6.24. The fourth-order valence-corrected chi connectivity index (χ4v) is 6.37. The van der Waals surface area contributed by atoms with Crippen LogP contribution in [-0.2, 0) is 10.3 Å². The number of amides is 1. The van der Waals surface area contributed by atoms with Gasteiger partial charge in [-0.15, -0.1) is 0 Å². The minimum Gasteiger partial charge on any atom is -0.324 e. The maximum absolute atomic E-state index is 14.2. The van der Waals surface area contributed by atoms with Gasteiger partial charge in [-0.3, -0.25) is 19.5 Å². The highest BCUT2D eigenvalue weighted by Crippen LogP contribution is 2.61. The summed E-state index contributed by atoms with van der Waals surface area (Å²) in [6.45, 7) is 0.780. The number of para-hydroxylation sites is 1. The van der Waals surface area contributed by atoms with Gasteiger partial charge in [-0.1, -0.05) is 48.0 Å². The number of halogens is 1. The second-order valence-corrected chi connectivity index (χ2v) is 9.24. The standard InChI is InChI=1S/C26H22ClN3O2/c27-17-12-10-16(11-13-17)22-21-9-5-15-30(21)26(18-6-1-2-7-19(18)29-25(26)32)23(22)24(31)20-8-3-4-14-28-20/h1-4,6-8,10-14,21-23H,5,9,15H2,(H,29,32). The minimum absolute atomic E-state index is 0.0887. The molecule has 1 spiro atoms. The smallest absolute Gasteiger partial charge is 0.250 e. The highest BCUT2D eigenvalue weighted by molar-refractivity contribution is 6.30. The van der Waals surface area contributed by atoms with Crippen molar-refractivity contribution in [2.75, 3.05) is 11.9 Å². The zero-order chi connectivity index (χ0) is 21.9. The Labute approximate surface area is 191 Å². The zero-order valence-corrected chi connectivity index (χ0v) is 18.1. The second kappa shape index (κ2) is 7.26. The molecule has 3 aliphatic rings. The van der Waals surface area contributed by atoms with Gasteiger partial charge in [-0.05, 0) is 55.3 Å². The molecule has 6 rings (SSSR count). The van der Waals surface area contributed by atoms with Crippen LogP contribution in [0, 0.1) is 5.92 Å². The van der Waals surface area contributed by atoms with Crippen molar-refractivity contribution in [1.29, 1.82) is 0 Å². The van der Waals surface area contributed by atoms with Crippen molar-refractivity contribution in [2.24, 2.45) is 5.92 Å². The molecule has 0 radical (unpaired) electrons. The molecule has 1 N–H and O–H groups in total. The Balaban J connectivity index is 1.62. The van der Waals surface area contributed by atoms with Crippen LogP contribution in [-0.4, -0.2) is 34.2 Å². The molecule has 4 atom stereocenters. The van der Waals surface area contributed by atoms with E-state index >= 15 is 0 Å². The molecule has 4 heterocycles. The second-order valence-electron chi connectivity index (χ2n) is 8.80. The number of nitrogens with one attached hydrogen (secondary N) is 1. The summed E-state index contributed by atoms with van der Waals surface area (Å²) in [5.41, 5.74) is 2.07. The van der Waals surface area contributed by atoms with Crippen molar-refractivity contribution in [1.82, 2.24) is 9.88 Å². The van der Waals surface area contributed by atoms with E-state index in [1.165, 1.54) is 0 Å². The SMILES string of the molecule is O=C(c1ccccn1)C1C(c2ccc(Cl)cc2)C2CCCN2C12C(=O)Nc1ccccc12. The minimum atomic E-state index is -1.04. The third kappa shape index (κ3) is 2.58. The van der Waals surface area contributed by atoms with Crippen molar-refractivity contribution >= 4 is 29.0 Å². The van der Waals surface area contributed by atoms with E-state index in [-0.39, 0.29) is 23.7 Å². The number of pyridine rings is 1. The molecule has 3 aromatic rings. The summed E-state index contributed by atoms with van der Waals surface area (Å²) >= 11 is 6.18. The van der Waals surface area contributed by atoms with Crippen molar-refractivity contribution < 1.29 is 9.59 Å². The molecule has 6 heteroatoms.